The van der Waals surface area contributed by atoms with Crippen molar-refractivity contribution >= 4 is 23.2 Å². The molecule has 0 radical (unpaired) electrons. The van der Waals surface area contributed by atoms with E-state index in [1.807, 2.05) is 18.2 Å². The normalized spacial score (nSPS) is 19.1. The maximum Gasteiger partial charge on any atom is 0.224 e. The van der Waals surface area contributed by atoms with Crippen LogP contribution in [-0.4, -0.2) is 25.6 Å². The van der Waals surface area contributed by atoms with Crippen LogP contribution < -0.4 is 15.4 Å². The summed E-state index contributed by atoms with van der Waals surface area (Å²) in [4.78, 5) is 11.5. The second kappa shape index (κ2) is 8.44. The van der Waals surface area contributed by atoms with E-state index in [-0.39, 0.29) is 5.91 Å². The second-order valence-electron chi connectivity index (χ2n) is 7.31. The van der Waals surface area contributed by atoms with Crippen molar-refractivity contribution in [3.8, 4) is 5.75 Å². The molecule has 0 saturated carbocycles. The van der Waals surface area contributed by atoms with E-state index >= 15 is 0 Å². The number of methoxy groups -OCH3 is 1. The zero-order valence-electron chi connectivity index (χ0n) is 16.2. The third-order valence-corrected chi connectivity index (χ3v) is 5.38. The summed E-state index contributed by atoms with van der Waals surface area (Å²) in [6.45, 7) is 0.973. The number of hydrogen-bond donors (Lipinski definition) is 2. The largest absolute Gasteiger partial charge is 0.496 e. The van der Waals surface area contributed by atoms with Gasteiger partial charge in [0, 0.05) is 23.7 Å². The first kappa shape index (κ1) is 18.5. The molecule has 4 rings (SSSR count). The van der Waals surface area contributed by atoms with E-state index in [1.54, 1.807) is 7.11 Å². The molecule has 0 aromatic heterocycles. The predicted molar refractivity (Wildman–Crippen MR) is 114 cm³/mol. The number of nitrogens with one attached hydrogen (secondary N) is 2. The van der Waals surface area contributed by atoms with Crippen LogP contribution in [0.15, 0.2) is 54.6 Å². The van der Waals surface area contributed by atoms with Crippen LogP contribution in [0.3, 0.4) is 0 Å². The predicted octanol–water partition coefficient (Wildman–Crippen LogP) is 4.43. The van der Waals surface area contributed by atoms with Crippen molar-refractivity contribution in [2.75, 3.05) is 19.0 Å². The maximum atomic E-state index is 11.5. The first-order chi connectivity index (χ1) is 13.7. The number of rotatable bonds is 5. The van der Waals surface area contributed by atoms with Gasteiger partial charge in [0.05, 0.1) is 7.11 Å². The zero-order chi connectivity index (χ0) is 19.3. The molecule has 2 aliphatic rings. The lowest BCUT2D eigenvalue weighted by Gasteiger charge is -2.23. The number of hydrogen-bond acceptors (Lipinski definition) is 3. The monoisotopic (exact) mass is 374 g/mol. The van der Waals surface area contributed by atoms with E-state index in [2.05, 4.69) is 53.1 Å². The lowest BCUT2D eigenvalue weighted by Crippen LogP contribution is -2.31. The van der Waals surface area contributed by atoms with E-state index in [1.165, 1.54) is 22.3 Å². The molecule has 4 nitrogen and oxygen atoms in total. The molecule has 1 amide bonds. The van der Waals surface area contributed by atoms with Gasteiger partial charge in [-0.25, -0.2) is 0 Å². The van der Waals surface area contributed by atoms with E-state index in [0.29, 0.717) is 12.5 Å². The van der Waals surface area contributed by atoms with E-state index in [4.69, 9.17) is 4.74 Å². The smallest absolute Gasteiger partial charge is 0.224 e. The van der Waals surface area contributed by atoms with Gasteiger partial charge in [0.25, 0.3) is 0 Å². The van der Waals surface area contributed by atoms with Crippen molar-refractivity contribution in [1.82, 2.24) is 5.32 Å². The van der Waals surface area contributed by atoms with Gasteiger partial charge in [-0.3, -0.25) is 4.79 Å². The van der Waals surface area contributed by atoms with Crippen LogP contribution in [0.5, 0.6) is 5.75 Å². The van der Waals surface area contributed by atoms with Crippen LogP contribution >= 0.6 is 0 Å². The number of ether oxygens (including phenoxy) is 1. The number of carbonyl (C=O) groups excluding carboxylic acids is 1. The van der Waals surface area contributed by atoms with Crippen LogP contribution in [0.1, 0.15) is 36.0 Å². The number of anilines is 1. The summed E-state index contributed by atoms with van der Waals surface area (Å²) in [5.41, 5.74) is 5.89. The minimum absolute atomic E-state index is 0.108. The number of para-hydroxylation sites is 1. The fraction of sp³-hybridized carbons (Fsp3) is 0.292. The summed E-state index contributed by atoms with van der Waals surface area (Å²) in [6, 6.07) is 14.8. The summed E-state index contributed by atoms with van der Waals surface area (Å²) in [5, 5.41) is 6.52. The molecule has 2 N–H and O–H groups in total. The molecule has 1 atom stereocenters. The Labute approximate surface area is 166 Å². The van der Waals surface area contributed by atoms with Crippen LogP contribution in [0.25, 0.3) is 11.6 Å². The molecular formula is C24H26N2O2. The van der Waals surface area contributed by atoms with Gasteiger partial charge in [-0.05, 0) is 60.7 Å². The molecule has 0 bridgehead atoms. The van der Waals surface area contributed by atoms with Crippen LogP contribution in [-0.2, 0) is 11.2 Å². The minimum atomic E-state index is 0.108. The lowest BCUT2D eigenvalue weighted by atomic mass is 9.95. The van der Waals surface area contributed by atoms with Crippen LogP contribution in [0.2, 0.25) is 0 Å². The molecule has 0 fully saturated rings. The summed E-state index contributed by atoms with van der Waals surface area (Å²) in [5.74, 6) is 1.04. The highest BCUT2D eigenvalue weighted by atomic mass is 16.5. The summed E-state index contributed by atoms with van der Waals surface area (Å²) >= 11 is 0. The Balaban J connectivity index is 1.44. The number of fused-ring (bicyclic) bond motifs is 1. The third-order valence-electron chi connectivity index (χ3n) is 5.38. The van der Waals surface area contributed by atoms with E-state index in [9.17, 15) is 4.79 Å². The zero-order valence-corrected chi connectivity index (χ0v) is 16.2. The van der Waals surface area contributed by atoms with Crippen molar-refractivity contribution in [2.24, 2.45) is 0 Å². The lowest BCUT2D eigenvalue weighted by molar-refractivity contribution is -0.116. The van der Waals surface area contributed by atoms with Gasteiger partial charge >= 0.3 is 0 Å². The highest BCUT2D eigenvalue weighted by molar-refractivity contribution is 5.94. The highest BCUT2D eigenvalue weighted by Gasteiger charge is 2.16. The van der Waals surface area contributed by atoms with Gasteiger partial charge < -0.3 is 15.4 Å². The Morgan fingerprint density at radius 1 is 1.14 bits per heavy atom. The first-order valence-corrected chi connectivity index (χ1v) is 9.90. The molecule has 144 valence electrons. The van der Waals surface area contributed by atoms with Crippen molar-refractivity contribution in [1.29, 1.82) is 0 Å². The third kappa shape index (κ3) is 4.18. The van der Waals surface area contributed by atoms with Gasteiger partial charge in [0.2, 0.25) is 5.91 Å². The first-order valence-electron chi connectivity index (χ1n) is 9.90. The Morgan fingerprint density at radius 3 is 2.93 bits per heavy atom. The quantitative estimate of drug-likeness (QED) is 0.814. The summed E-state index contributed by atoms with van der Waals surface area (Å²) < 4.78 is 5.52. The molecule has 0 saturated heterocycles. The molecule has 28 heavy (non-hydrogen) atoms. The number of benzene rings is 2. The molecule has 2 heterocycles. The molecule has 2 aliphatic heterocycles. The topological polar surface area (TPSA) is 50.4 Å². The Bertz CT molecular complexity index is 930. The number of aryl methyl sites for hydroxylation is 1. The molecular weight excluding hydrogens is 348 g/mol. The molecule has 0 spiro atoms. The molecule has 0 aliphatic carbocycles. The maximum absolute atomic E-state index is 11.5. The van der Waals surface area contributed by atoms with Crippen molar-refractivity contribution in [2.45, 2.75) is 31.7 Å². The van der Waals surface area contributed by atoms with E-state index < -0.39 is 0 Å². The highest BCUT2D eigenvalue weighted by Crippen LogP contribution is 2.30. The fourth-order valence-electron chi connectivity index (χ4n) is 3.92. The van der Waals surface area contributed by atoms with Gasteiger partial charge in [0.1, 0.15) is 5.75 Å². The number of carbonyl (C=O) groups is 1. The molecule has 2 aromatic carbocycles. The SMILES string of the molecule is COc1ccccc1C1=CC(CC=Cc2ccc3c(c2)CCC(=O)N3)NCC1. The molecule has 2 aromatic rings. The standard InChI is InChI=1S/C24H26N2O2/c1-28-23-8-3-2-7-21(23)18-13-14-25-20(16-18)6-4-5-17-9-11-22-19(15-17)10-12-24(27)26-22/h2-5,7-9,11,15-16,20,25H,6,10,12-14H2,1H3,(H,26,27). The van der Waals surface area contributed by atoms with Gasteiger partial charge in [-0.1, -0.05) is 42.5 Å². The van der Waals surface area contributed by atoms with Gasteiger partial charge in [-0.15, -0.1) is 0 Å². The van der Waals surface area contributed by atoms with Crippen molar-refractivity contribution in [3.05, 3.63) is 71.3 Å². The number of amides is 1. The Kier molecular flexibility index (Phi) is 5.58. The summed E-state index contributed by atoms with van der Waals surface area (Å²) in [7, 11) is 1.73. The fourth-order valence-corrected chi connectivity index (χ4v) is 3.92. The van der Waals surface area contributed by atoms with Gasteiger partial charge in [0.15, 0.2) is 0 Å². The minimum Gasteiger partial charge on any atom is -0.496 e. The second-order valence-corrected chi connectivity index (χ2v) is 7.31. The van der Waals surface area contributed by atoms with Crippen LogP contribution in [0.4, 0.5) is 5.69 Å². The average molecular weight is 374 g/mol. The van der Waals surface area contributed by atoms with Crippen LogP contribution in [0, 0.1) is 0 Å². The molecule has 4 heteroatoms. The molecule has 1 unspecified atom stereocenters. The van der Waals surface area contributed by atoms with E-state index in [0.717, 1.165) is 37.2 Å². The Morgan fingerprint density at radius 2 is 2.04 bits per heavy atom. The van der Waals surface area contributed by atoms with Crippen molar-refractivity contribution < 1.29 is 9.53 Å². The van der Waals surface area contributed by atoms with Gasteiger partial charge in [-0.2, -0.15) is 0 Å². The average Bonchev–Trinajstić information content (AvgIpc) is 2.74. The Hall–Kier alpha value is -2.85. The summed E-state index contributed by atoms with van der Waals surface area (Å²) in [6.07, 6.45) is 10.1. The van der Waals surface area contributed by atoms with Crippen molar-refractivity contribution in [3.63, 3.8) is 0 Å².